The molecular weight excluding hydrogens is 136 g/mol. The molecule has 4 nitrogen and oxygen atoms in total. The van der Waals surface area contributed by atoms with E-state index < -0.39 is 0 Å². The molecule has 0 fully saturated rings. The lowest BCUT2D eigenvalue weighted by molar-refractivity contribution is -0.139. The Morgan fingerprint density at radius 3 is 2.10 bits per heavy atom. The van der Waals surface area contributed by atoms with E-state index in [0.717, 1.165) is 0 Å². The van der Waals surface area contributed by atoms with Crippen molar-refractivity contribution in [1.29, 1.82) is 0 Å². The summed E-state index contributed by atoms with van der Waals surface area (Å²) in [6.45, 7) is 1.13. The van der Waals surface area contributed by atoms with E-state index in [9.17, 15) is 4.79 Å². The molecule has 0 bridgehead atoms. The van der Waals surface area contributed by atoms with E-state index in [0.29, 0.717) is 19.7 Å². The Bertz CT molecular complexity index is 77.8. The van der Waals surface area contributed by atoms with Crippen molar-refractivity contribution >= 4 is 6.47 Å². The third-order valence-corrected chi connectivity index (χ3v) is 0.953. The molecule has 0 saturated carbocycles. The van der Waals surface area contributed by atoms with Crippen LogP contribution >= 0.6 is 0 Å². The van der Waals surface area contributed by atoms with Crippen molar-refractivity contribution in [2.75, 3.05) is 27.4 Å². The minimum Gasteiger partial charge on any atom is -0.460 e. The minimum absolute atomic E-state index is 0.285. The highest BCUT2D eigenvalue weighted by Crippen LogP contribution is 1.90. The lowest BCUT2D eigenvalue weighted by Crippen LogP contribution is -2.23. The Balaban J connectivity index is 3.38. The SMILES string of the molecule is COCC(COC)OC=O. The first-order valence-corrected chi connectivity index (χ1v) is 2.92. The molecule has 60 valence electrons. The number of carbonyl (C=O) groups excluding carboxylic acids is 1. The normalized spacial score (nSPS) is 9.90. The molecule has 0 aliphatic rings. The van der Waals surface area contributed by atoms with Crippen molar-refractivity contribution in [3.8, 4) is 0 Å². The third kappa shape index (κ3) is 4.29. The van der Waals surface area contributed by atoms with Crippen LogP contribution in [0, 0.1) is 0 Å². The van der Waals surface area contributed by atoms with Crippen molar-refractivity contribution in [3.63, 3.8) is 0 Å². The third-order valence-electron chi connectivity index (χ3n) is 0.953. The van der Waals surface area contributed by atoms with Gasteiger partial charge in [-0.3, -0.25) is 4.79 Å². The van der Waals surface area contributed by atoms with Gasteiger partial charge in [-0.2, -0.15) is 0 Å². The van der Waals surface area contributed by atoms with Gasteiger partial charge in [0.25, 0.3) is 6.47 Å². The molecule has 0 aromatic carbocycles. The monoisotopic (exact) mass is 148 g/mol. The lowest BCUT2D eigenvalue weighted by Gasteiger charge is -2.11. The van der Waals surface area contributed by atoms with Crippen LogP contribution in [0.1, 0.15) is 0 Å². The molecule has 0 rings (SSSR count). The van der Waals surface area contributed by atoms with Crippen molar-refractivity contribution in [2.45, 2.75) is 6.10 Å². The van der Waals surface area contributed by atoms with E-state index in [1.54, 1.807) is 0 Å². The zero-order valence-corrected chi connectivity index (χ0v) is 6.20. The van der Waals surface area contributed by atoms with Crippen molar-refractivity contribution in [1.82, 2.24) is 0 Å². The Kier molecular flexibility index (Phi) is 6.11. The zero-order valence-electron chi connectivity index (χ0n) is 6.20. The standard InChI is InChI=1S/C6H12O4/c1-8-3-6(4-9-2)10-5-7/h5-6H,3-4H2,1-2H3. The van der Waals surface area contributed by atoms with E-state index in [1.807, 2.05) is 0 Å². The van der Waals surface area contributed by atoms with Gasteiger partial charge in [-0.1, -0.05) is 0 Å². The van der Waals surface area contributed by atoms with Gasteiger partial charge in [0.2, 0.25) is 0 Å². The smallest absolute Gasteiger partial charge is 0.293 e. The summed E-state index contributed by atoms with van der Waals surface area (Å²) < 4.78 is 14.1. The fraction of sp³-hybridized carbons (Fsp3) is 0.833. The van der Waals surface area contributed by atoms with Gasteiger partial charge < -0.3 is 14.2 Å². The molecule has 0 spiro atoms. The van der Waals surface area contributed by atoms with Gasteiger partial charge >= 0.3 is 0 Å². The van der Waals surface area contributed by atoms with E-state index in [2.05, 4.69) is 4.74 Å². The highest BCUT2D eigenvalue weighted by Gasteiger charge is 2.06. The molecule has 0 aromatic rings. The largest absolute Gasteiger partial charge is 0.460 e. The Morgan fingerprint density at radius 2 is 1.80 bits per heavy atom. The number of ether oxygens (including phenoxy) is 3. The molecule has 10 heavy (non-hydrogen) atoms. The van der Waals surface area contributed by atoms with Gasteiger partial charge in [-0.15, -0.1) is 0 Å². The second-order valence-corrected chi connectivity index (χ2v) is 1.76. The first-order valence-electron chi connectivity index (χ1n) is 2.92. The van der Waals surface area contributed by atoms with Gasteiger partial charge in [0.1, 0.15) is 6.10 Å². The summed E-state index contributed by atoms with van der Waals surface area (Å²) in [6.07, 6.45) is -0.285. The fourth-order valence-corrected chi connectivity index (χ4v) is 0.577. The predicted octanol–water partition coefficient (Wildman–Crippen LogP) is -0.179. The molecule has 0 N–H and O–H groups in total. The summed E-state index contributed by atoms with van der Waals surface area (Å²) in [5.74, 6) is 0. The number of rotatable bonds is 6. The highest BCUT2D eigenvalue weighted by atomic mass is 16.6. The van der Waals surface area contributed by atoms with Gasteiger partial charge in [0.05, 0.1) is 13.2 Å². The molecule has 0 aliphatic carbocycles. The molecule has 4 heteroatoms. The maximum atomic E-state index is 9.83. The van der Waals surface area contributed by atoms with Gasteiger partial charge in [0, 0.05) is 14.2 Å². The Morgan fingerprint density at radius 1 is 1.30 bits per heavy atom. The van der Waals surface area contributed by atoms with Crippen LogP contribution in [-0.2, 0) is 19.0 Å². The summed E-state index contributed by atoms with van der Waals surface area (Å²) in [5.41, 5.74) is 0. The van der Waals surface area contributed by atoms with Crippen molar-refractivity contribution in [2.24, 2.45) is 0 Å². The molecular formula is C6H12O4. The van der Waals surface area contributed by atoms with E-state index >= 15 is 0 Å². The first-order chi connectivity index (χ1) is 4.85. The molecule has 0 saturated heterocycles. The van der Waals surface area contributed by atoms with Crippen molar-refractivity contribution < 1.29 is 19.0 Å². The molecule has 0 amide bonds. The van der Waals surface area contributed by atoms with Gasteiger partial charge in [-0.05, 0) is 0 Å². The first kappa shape index (κ1) is 9.39. The van der Waals surface area contributed by atoms with Crippen LogP contribution in [-0.4, -0.2) is 40.0 Å². The fourth-order valence-electron chi connectivity index (χ4n) is 0.577. The predicted molar refractivity (Wildman–Crippen MR) is 34.7 cm³/mol. The van der Waals surface area contributed by atoms with Gasteiger partial charge in [0.15, 0.2) is 0 Å². The number of hydrogen-bond donors (Lipinski definition) is 0. The van der Waals surface area contributed by atoms with Crippen molar-refractivity contribution in [3.05, 3.63) is 0 Å². The van der Waals surface area contributed by atoms with Crippen LogP contribution < -0.4 is 0 Å². The summed E-state index contributed by atoms with van der Waals surface area (Å²) in [7, 11) is 3.08. The van der Waals surface area contributed by atoms with E-state index in [4.69, 9.17) is 9.47 Å². The Hall–Kier alpha value is -0.610. The Labute approximate surface area is 60.1 Å². The van der Waals surface area contributed by atoms with Crippen LogP contribution in [0.25, 0.3) is 0 Å². The summed E-state index contributed by atoms with van der Waals surface area (Å²) in [6, 6.07) is 0. The zero-order chi connectivity index (χ0) is 7.82. The highest BCUT2D eigenvalue weighted by molar-refractivity contribution is 5.37. The summed E-state index contributed by atoms with van der Waals surface area (Å²) >= 11 is 0. The van der Waals surface area contributed by atoms with Crippen LogP contribution in [0.4, 0.5) is 0 Å². The molecule has 0 atom stereocenters. The number of hydrogen-bond acceptors (Lipinski definition) is 4. The lowest BCUT2D eigenvalue weighted by atomic mass is 10.4. The van der Waals surface area contributed by atoms with Crippen LogP contribution in [0.2, 0.25) is 0 Å². The maximum Gasteiger partial charge on any atom is 0.293 e. The average Bonchev–Trinajstić information content (AvgIpc) is 1.90. The van der Waals surface area contributed by atoms with Gasteiger partial charge in [-0.25, -0.2) is 0 Å². The second-order valence-electron chi connectivity index (χ2n) is 1.76. The molecule has 0 heterocycles. The minimum atomic E-state index is -0.285. The number of methoxy groups -OCH3 is 2. The van der Waals surface area contributed by atoms with E-state index in [1.165, 1.54) is 14.2 Å². The van der Waals surface area contributed by atoms with Crippen LogP contribution in [0.3, 0.4) is 0 Å². The quantitative estimate of drug-likeness (QED) is 0.490. The summed E-state index contributed by atoms with van der Waals surface area (Å²) in [4.78, 5) is 9.83. The number of carbonyl (C=O) groups is 1. The van der Waals surface area contributed by atoms with E-state index in [-0.39, 0.29) is 6.10 Å². The topological polar surface area (TPSA) is 44.8 Å². The average molecular weight is 148 g/mol. The molecule has 0 aromatic heterocycles. The molecule has 0 radical (unpaired) electrons. The second kappa shape index (κ2) is 6.51. The molecule has 0 unspecified atom stereocenters. The van der Waals surface area contributed by atoms with Crippen LogP contribution in [0.5, 0.6) is 0 Å². The summed E-state index contributed by atoms with van der Waals surface area (Å²) in [5, 5.41) is 0. The molecule has 0 aliphatic heterocycles. The van der Waals surface area contributed by atoms with Crippen LogP contribution in [0.15, 0.2) is 0 Å². The maximum absolute atomic E-state index is 9.83.